The lowest BCUT2D eigenvalue weighted by atomic mass is 10.4. The molecule has 0 aliphatic rings. The maximum absolute atomic E-state index is 7.04. The summed E-state index contributed by atoms with van der Waals surface area (Å²) in [7, 11) is 1.46. The highest BCUT2D eigenvalue weighted by molar-refractivity contribution is 5.92. The molecular weight excluding hydrogens is 180 g/mol. The van der Waals surface area contributed by atoms with Crippen LogP contribution in [0.1, 0.15) is 5.69 Å². The van der Waals surface area contributed by atoms with E-state index < -0.39 is 0 Å². The molecule has 1 heterocycles. The zero-order valence-corrected chi connectivity index (χ0v) is 7.26. The first-order chi connectivity index (χ1) is 5.24. The van der Waals surface area contributed by atoms with Gasteiger partial charge < -0.3 is 10.5 Å². The van der Waals surface area contributed by atoms with Gasteiger partial charge in [0.2, 0.25) is 0 Å². The number of halogens is 1. The minimum atomic E-state index is -0.0919. The van der Waals surface area contributed by atoms with Gasteiger partial charge in [-0.1, -0.05) is 0 Å². The van der Waals surface area contributed by atoms with Crippen molar-refractivity contribution in [2.24, 2.45) is 5.73 Å². The van der Waals surface area contributed by atoms with E-state index in [9.17, 15) is 0 Å². The fourth-order valence-electron chi connectivity index (χ4n) is 0.589. The molecule has 0 amide bonds. The van der Waals surface area contributed by atoms with Crippen LogP contribution in [0.3, 0.4) is 0 Å². The van der Waals surface area contributed by atoms with E-state index >= 15 is 0 Å². The van der Waals surface area contributed by atoms with Crippen LogP contribution in [0, 0.1) is 5.41 Å². The second-order valence-corrected chi connectivity index (χ2v) is 1.84. The van der Waals surface area contributed by atoms with Crippen molar-refractivity contribution in [3.8, 4) is 6.01 Å². The molecule has 1 aromatic rings. The van der Waals surface area contributed by atoms with E-state index in [0.29, 0.717) is 5.69 Å². The summed E-state index contributed by atoms with van der Waals surface area (Å²) in [6, 6.07) is 1.77. The van der Waals surface area contributed by atoms with Crippen LogP contribution in [0.5, 0.6) is 6.01 Å². The lowest BCUT2D eigenvalue weighted by Crippen LogP contribution is -2.13. The van der Waals surface area contributed by atoms with Crippen molar-refractivity contribution < 1.29 is 4.74 Å². The van der Waals surface area contributed by atoms with Crippen molar-refractivity contribution in [1.82, 2.24) is 9.97 Å². The monoisotopic (exact) mass is 188 g/mol. The van der Waals surface area contributed by atoms with Crippen LogP contribution in [-0.4, -0.2) is 22.9 Å². The van der Waals surface area contributed by atoms with Crippen LogP contribution in [0.25, 0.3) is 0 Å². The molecule has 0 aromatic carbocycles. The number of hydrogen-bond acceptors (Lipinski definition) is 4. The number of amidine groups is 1. The van der Waals surface area contributed by atoms with Crippen molar-refractivity contribution >= 4 is 18.2 Å². The average Bonchev–Trinajstić information content (AvgIpc) is 2.05. The normalized spacial score (nSPS) is 8.42. The fourth-order valence-corrected chi connectivity index (χ4v) is 0.589. The summed E-state index contributed by atoms with van der Waals surface area (Å²) < 4.78 is 4.73. The number of nitrogens with zero attached hydrogens (tertiary/aromatic N) is 2. The summed E-state index contributed by atoms with van der Waals surface area (Å²) in [6.07, 6.45) is 1.49. The van der Waals surface area contributed by atoms with E-state index in [-0.39, 0.29) is 24.3 Å². The van der Waals surface area contributed by atoms with Gasteiger partial charge in [-0.25, -0.2) is 4.98 Å². The average molecular weight is 189 g/mol. The summed E-state index contributed by atoms with van der Waals surface area (Å²) in [5, 5.41) is 7.04. The Morgan fingerprint density at radius 3 is 2.83 bits per heavy atom. The lowest BCUT2D eigenvalue weighted by Gasteiger charge is -1.98. The number of methoxy groups -OCH3 is 1. The molecule has 6 heteroatoms. The van der Waals surface area contributed by atoms with Crippen LogP contribution in [0.4, 0.5) is 0 Å². The SMILES string of the molecule is COc1nccc(C(=N)N)n1.Cl. The van der Waals surface area contributed by atoms with Gasteiger partial charge in [-0.2, -0.15) is 4.98 Å². The molecule has 0 bridgehead atoms. The van der Waals surface area contributed by atoms with E-state index in [0.717, 1.165) is 0 Å². The van der Waals surface area contributed by atoms with Crippen LogP contribution in [0.2, 0.25) is 0 Å². The summed E-state index contributed by atoms with van der Waals surface area (Å²) in [6.45, 7) is 0. The molecule has 0 atom stereocenters. The van der Waals surface area contributed by atoms with Crippen LogP contribution in [-0.2, 0) is 0 Å². The van der Waals surface area contributed by atoms with E-state index in [4.69, 9.17) is 15.9 Å². The van der Waals surface area contributed by atoms with Crippen LogP contribution in [0.15, 0.2) is 12.3 Å². The Morgan fingerprint density at radius 2 is 2.33 bits per heavy atom. The number of hydrogen-bond donors (Lipinski definition) is 2. The molecule has 0 aliphatic carbocycles. The summed E-state index contributed by atoms with van der Waals surface area (Å²) in [4.78, 5) is 7.56. The topological polar surface area (TPSA) is 84.9 Å². The van der Waals surface area contributed by atoms with Gasteiger partial charge in [0, 0.05) is 6.20 Å². The Labute approximate surface area is 75.9 Å². The van der Waals surface area contributed by atoms with Crippen molar-refractivity contribution in [2.75, 3.05) is 7.11 Å². The molecule has 0 fully saturated rings. The minimum absolute atomic E-state index is 0. The third kappa shape index (κ3) is 2.35. The van der Waals surface area contributed by atoms with Gasteiger partial charge in [0.1, 0.15) is 11.5 Å². The van der Waals surface area contributed by atoms with E-state index in [1.807, 2.05) is 0 Å². The van der Waals surface area contributed by atoms with Crippen molar-refractivity contribution in [2.45, 2.75) is 0 Å². The first-order valence-corrected chi connectivity index (χ1v) is 2.95. The predicted octanol–water partition coefficient (Wildman–Crippen LogP) is 0.191. The molecule has 0 saturated heterocycles. The lowest BCUT2D eigenvalue weighted by molar-refractivity contribution is 0.379. The number of rotatable bonds is 2. The number of nitrogen functional groups attached to an aromatic ring is 1. The highest BCUT2D eigenvalue weighted by Gasteiger charge is 1.99. The van der Waals surface area contributed by atoms with E-state index in [1.54, 1.807) is 6.07 Å². The maximum Gasteiger partial charge on any atom is 0.316 e. The fraction of sp³-hybridized carbons (Fsp3) is 0.167. The van der Waals surface area contributed by atoms with Gasteiger partial charge in [-0.3, -0.25) is 5.41 Å². The summed E-state index contributed by atoms with van der Waals surface area (Å²) >= 11 is 0. The van der Waals surface area contributed by atoms with Crippen LogP contribution >= 0.6 is 12.4 Å². The quantitative estimate of drug-likeness (QED) is 0.513. The first kappa shape index (κ1) is 10.6. The van der Waals surface area contributed by atoms with Gasteiger partial charge in [0.15, 0.2) is 0 Å². The number of ether oxygens (including phenoxy) is 1. The zero-order chi connectivity index (χ0) is 8.27. The standard InChI is InChI=1S/C6H8N4O.ClH/c1-11-6-9-3-2-4(10-6)5(7)8;/h2-3H,1H3,(H3,7,8);1H. The Bertz CT molecular complexity index is 278. The Hall–Kier alpha value is -1.36. The van der Waals surface area contributed by atoms with Gasteiger partial charge in [0.05, 0.1) is 7.11 Å². The second kappa shape index (κ2) is 4.50. The highest BCUT2D eigenvalue weighted by Crippen LogP contribution is 2.00. The minimum Gasteiger partial charge on any atom is -0.467 e. The summed E-state index contributed by atoms with van der Waals surface area (Å²) in [5.74, 6) is -0.0919. The smallest absolute Gasteiger partial charge is 0.316 e. The second-order valence-electron chi connectivity index (χ2n) is 1.84. The molecule has 0 spiro atoms. The molecule has 1 aromatic heterocycles. The van der Waals surface area contributed by atoms with Crippen molar-refractivity contribution in [3.63, 3.8) is 0 Å². The molecule has 0 aliphatic heterocycles. The van der Waals surface area contributed by atoms with E-state index in [2.05, 4.69) is 9.97 Å². The van der Waals surface area contributed by atoms with Gasteiger partial charge in [0.25, 0.3) is 0 Å². The molecule has 3 N–H and O–H groups in total. The predicted molar refractivity (Wildman–Crippen MR) is 46.8 cm³/mol. The van der Waals surface area contributed by atoms with Gasteiger partial charge in [-0.15, -0.1) is 12.4 Å². The van der Waals surface area contributed by atoms with Crippen molar-refractivity contribution in [1.29, 1.82) is 5.41 Å². The number of aromatic nitrogens is 2. The molecule has 5 nitrogen and oxygen atoms in total. The van der Waals surface area contributed by atoms with Gasteiger partial charge in [-0.05, 0) is 6.07 Å². The molecular formula is C6H9ClN4O. The largest absolute Gasteiger partial charge is 0.467 e. The van der Waals surface area contributed by atoms with Gasteiger partial charge >= 0.3 is 6.01 Å². The zero-order valence-electron chi connectivity index (χ0n) is 6.44. The number of nitrogens with two attached hydrogens (primary N) is 1. The number of nitrogens with one attached hydrogen (secondary N) is 1. The maximum atomic E-state index is 7.04. The molecule has 12 heavy (non-hydrogen) atoms. The Kier molecular flexibility index (Phi) is 3.99. The van der Waals surface area contributed by atoms with Crippen LogP contribution < -0.4 is 10.5 Å². The Morgan fingerprint density at radius 1 is 1.67 bits per heavy atom. The molecule has 66 valence electrons. The molecule has 0 unspecified atom stereocenters. The molecule has 1 rings (SSSR count). The Balaban J connectivity index is 0.00000121. The first-order valence-electron chi connectivity index (χ1n) is 2.95. The summed E-state index contributed by atoms with van der Waals surface area (Å²) in [5.41, 5.74) is 5.55. The van der Waals surface area contributed by atoms with E-state index in [1.165, 1.54) is 13.3 Å². The third-order valence-corrected chi connectivity index (χ3v) is 1.09. The third-order valence-electron chi connectivity index (χ3n) is 1.09. The molecule has 0 saturated carbocycles. The molecule has 0 radical (unpaired) electrons. The van der Waals surface area contributed by atoms with Crippen molar-refractivity contribution in [3.05, 3.63) is 18.0 Å². The highest BCUT2D eigenvalue weighted by atomic mass is 35.5.